The van der Waals surface area contributed by atoms with Crippen LogP contribution in [0.2, 0.25) is 0 Å². The second kappa shape index (κ2) is 9.57. The Kier molecular flexibility index (Phi) is 6.43. The molecule has 0 aliphatic heterocycles. The van der Waals surface area contributed by atoms with Gasteiger partial charge in [0, 0.05) is 18.3 Å². The number of carbonyl (C=O) groups is 1. The van der Waals surface area contributed by atoms with Crippen molar-refractivity contribution in [3.63, 3.8) is 0 Å². The van der Waals surface area contributed by atoms with Gasteiger partial charge in [-0.05, 0) is 42.0 Å². The lowest BCUT2D eigenvalue weighted by molar-refractivity contribution is -0.115. The fraction of sp³-hybridized carbons (Fsp3) is 0.125. The number of halogens is 1. The zero-order valence-electron chi connectivity index (χ0n) is 17.0. The summed E-state index contributed by atoms with van der Waals surface area (Å²) in [5.41, 5.74) is 2.69. The van der Waals surface area contributed by atoms with Gasteiger partial charge in [0.15, 0.2) is 11.0 Å². The molecule has 4 rings (SSSR count). The van der Waals surface area contributed by atoms with Crippen LogP contribution in [0.5, 0.6) is 0 Å². The molecular weight excluding hydrogens is 411 g/mol. The smallest absolute Gasteiger partial charge is 0.237 e. The van der Waals surface area contributed by atoms with Gasteiger partial charge in [-0.2, -0.15) is 0 Å². The van der Waals surface area contributed by atoms with Gasteiger partial charge in [-0.25, -0.2) is 4.39 Å². The molecule has 1 aromatic heterocycles. The molecule has 0 radical (unpaired) electrons. The molecule has 0 N–H and O–H groups in total. The molecule has 0 unspecified atom stereocenters. The van der Waals surface area contributed by atoms with E-state index < -0.39 is 0 Å². The highest BCUT2D eigenvalue weighted by Gasteiger charge is 2.18. The maximum Gasteiger partial charge on any atom is 0.237 e. The van der Waals surface area contributed by atoms with Crippen LogP contribution in [0.4, 0.5) is 10.1 Å². The number of nitrogens with zero attached hydrogens (tertiary/aromatic N) is 4. The molecule has 0 fully saturated rings. The van der Waals surface area contributed by atoms with Crippen molar-refractivity contribution < 1.29 is 9.18 Å². The number of hydrogen-bond donors (Lipinski definition) is 0. The number of thioether (sulfide) groups is 1. The summed E-state index contributed by atoms with van der Waals surface area (Å²) in [4.78, 5) is 14.3. The van der Waals surface area contributed by atoms with Crippen LogP contribution in [-0.2, 0) is 11.3 Å². The van der Waals surface area contributed by atoms with Gasteiger partial charge in [0.2, 0.25) is 5.91 Å². The third kappa shape index (κ3) is 5.00. The minimum atomic E-state index is -0.304. The van der Waals surface area contributed by atoms with E-state index in [1.54, 1.807) is 24.1 Å². The average molecular weight is 433 g/mol. The van der Waals surface area contributed by atoms with Crippen molar-refractivity contribution >= 4 is 23.4 Å². The summed E-state index contributed by atoms with van der Waals surface area (Å²) in [6.45, 7) is 0.547. The SMILES string of the molecule is CN(C(=O)CSc1nnc(-c2ccc(F)cc2)n1Cc1ccccc1)c1ccccc1. The Morgan fingerprint density at radius 1 is 0.935 bits per heavy atom. The molecule has 156 valence electrons. The Hall–Kier alpha value is -3.45. The van der Waals surface area contributed by atoms with E-state index in [4.69, 9.17) is 0 Å². The topological polar surface area (TPSA) is 51.0 Å². The molecule has 1 heterocycles. The first kappa shape index (κ1) is 20.8. The quantitative estimate of drug-likeness (QED) is 0.390. The van der Waals surface area contributed by atoms with Crippen LogP contribution in [0, 0.1) is 5.82 Å². The number of amides is 1. The Labute approximate surface area is 184 Å². The van der Waals surface area contributed by atoms with E-state index in [2.05, 4.69) is 10.2 Å². The molecule has 3 aromatic carbocycles. The Morgan fingerprint density at radius 2 is 1.58 bits per heavy atom. The number of rotatable bonds is 7. The van der Waals surface area contributed by atoms with Crippen molar-refractivity contribution in [2.24, 2.45) is 0 Å². The van der Waals surface area contributed by atoms with Gasteiger partial charge in [0.1, 0.15) is 5.82 Å². The number of anilines is 1. The Morgan fingerprint density at radius 3 is 2.26 bits per heavy atom. The van der Waals surface area contributed by atoms with Gasteiger partial charge in [-0.1, -0.05) is 60.3 Å². The highest BCUT2D eigenvalue weighted by atomic mass is 32.2. The molecule has 0 aliphatic carbocycles. The standard InChI is InChI=1S/C24H21FN4OS/c1-28(21-10-6-3-7-11-21)22(30)17-31-24-27-26-23(19-12-14-20(25)15-13-19)29(24)16-18-8-4-2-5-9-18/h2-15H,16-17H2,1H3. The summed E-state index contributed by atoms with van der Waals surface area (Å²) >= 11 is 1.34. The third-order valence-electron chi connectivity index (χ3n) is 4.85. The predicted molar refractivity (Wildman–Crippen MR) is 122 cm³/mol. The van der Waals surface area contributed by atoms with Gasteiger partial charge in [-0.15, -0.1) is 10.2 Å². The number of para-hydroxylation sites is 1. The van der Waals surface area contributed by atoms with E-state index in [1.165, 1.54) is 23.9 Å². The highest BCUT2D eigenvalue weighted by molar-refractivity contribution is 7.99. The van der Waals surface area contributed by atoms with Crippen molar-refractivity contribution in [2.75, 3.05) is 17.7 Å². The van der Waals surface area contributed by atoms with Crippen molar-refractivity contribution in [3.8, 4) is 11.4 Å². The van der Waals surface area contributed by atoms with Crippen LogP contribution in [0.3, 0.4) is 0 Å². The second-order valence-electron chi connectivity index (χ2n) is 6.96. The maximum atomic E-state index is 13.4. The fourth-order valence-corrected chi connectivity index (χ4v) is 3.99. The van der Waals surface area contributed by atoms with E-state index in [0.29, 0.717) is 17.5 Å². The van der Waals surface area contributed by atoms with Gasteiger partial charge in [0.05, 0.1) is 12.3 Å². The Balaban J connectivity index is 1.58. The monoisotopic (exact) mass is 432 g/mol. The molecule has 0 bridgehead atoms. The van der Waals surface area contributed by atoms with E-state index in [0.717, 1.165) is 16.8 Å². The number of aromatic nitrogens is 3. The first-order chi connectivity index (χ1) is 15.1. The van der Waals surface area contributed by atoms with Crippen LogP contribution in [0.25, 0.3) is 11.4 Å². The molecule has 1 amide bonds. The van der Waals surface area contributed by atoms with Crippen LogP contribution in [0.15, 0.2) is 90.1 Å². The number of hydrogen-bond acceptors (Lipinski definition) is 4. The largest absolute Gasteiger partial charge is 0.315 e. The van der Waals surface area contributed by atoms with Gasteiger partial charge in [0.25, 0.3) is 0 Å². The lowest BCUT2D eigenvalue weighted by Crippen LogP contribution is -2.28. The summed E-state index contributed by atoms with van der Waals surface area (Å²) in [6.07, 6.45) is 0. The fourth-order valence-electron chi connectivity index (χ4n) is 3.14. The van der Waals surface area contributed by atoms with Crippen LogP contribution in [0.1, 0.15) is 5.56 Å². The zero-order valence-corrected chi connectivity index (χ0v) is 17.8. The van der Waals surface area contributed by atoms with Gasteiger partial charge in [-0.3, -0.25) is 9.36 Å². The first-order valence-electron chi connectivity index (χ1n) is 9.79. The van der Waals surface area contributed by atoms with Crippen molar-refractivity contribution in [3.05, 3.63) is 96.3 Å². The van der Waals surface area contributed by atoms with Crippen molar-refractivity contribution in [1.29, 1.82) is 0 Å². The van der Waals surface area contributed by atoms with Crippen LogP contribution < -0.4 is 4.90 Å². The van der Waals surface area contributed by atoms with Crippen molar-refractivity contribution in [2.45, 2.75) is 11.7 Å². The normalized spacial score (nSPS) is 10.8. The minimum absolute atomic E-state index is 0.0335. The molecule has 4 aromatic rings. The molecule has 7 heteroatoms. The lowest BCUT2D eigenvalue weighted by Gasteiger charge is -2.17. The molecule has 0 spiro atoms. The van der Waals surface area contributed by atoms with Crippen LogP contribution in [-0.4, -0.2) is 33.5 Å². The summed E-state index contributed by atoms with van der Waals surface area (Å²) in [5, 5.41) is 9.30. The van der Waals surface area contributed by atoms with E-state index >= 15 is 0 Å². The average Bonchev–Trinajstić information content (AvgIpc) is 3.21. The minimum Gasteiger partial charge on any atom is -0.315 e. The zero-order chi connectivity index (χ0) is 21.6. The Bertz CT molecular complexity index is 1150. The van der Waals surface area contributed by atoms with Crippen LogP contribution >= 0.6 is 11.8 Å². The molecule has 0 saturated carbocycles. The molecule has 0 saturated heterocycles. The lowest BCUT2D eigenvalue weighted by atomic mass is 10.2. The van der Waals surface area contributed by atoms with Gasteiger partial charge < -0.3 is 4.90 Å². The number of carbonyl (C=O) groups excluding carboxylic acids is 1. The predicted octanol–water partition coefficient (Wildman–Crippen LogP) is 4.89. The van der Waals surface area contributed by atoms with E-state index in [9.17, 15) is 9.18 Å². The van der Waals surface area contributed by atoms with Crippen molar-refractivity contribution in [1.82, 2.24) is 14.8 Å². The number of benzene rings is 3. The molecular formula is C24H21FN4OS. The third-order valence-corrected chi connectivity index (χ3v) is 5.80. The molecule has 0 aliphatic rings. The molecule has 5 nitrogen and oxygen atoms in total. The highest BCUT2D eigenvalue weighted by Crippen LogP contribution is 2.26. The molecule has 0 atom stereocenters. The maximum absolute atomic E-state index is 13.4. The molecule has 31 heavy (non-hydrogen) atoms. The van der Waals surface area contributed by atoms with E-state index in [1.807, 2.05) is 65.2 Å². The van der Waals surface area contributed by atoms with E-state index in [-0.39, 0.29) is 17.5 Å². The summed E-state index contributed by atoms with van der Waals surface area (Å²) in [5.74, 6) is 0.521. The summed E-state index contributed by atoms with van der Waals surface area (Å²) in [7, 11) is 1.76. The first-order valence-corrected chi connectivity index (χ1v) is 10.8. The summed E-state index contributed by atoms with van der Waals surface area (Å²) < 4.78 is 15.4. The summed E-state index contributed by atoms with van der Waals surface area (Å²) in [6, 6.07) is 25.6. The second-order valence-corrected chi connectivity index (χ2v) is 7.90. The van der Waals surface area contributed by atoms with Gasteiger partial charge >= 0.3 is 0 Å².